The number of carbonyl (C=O) groups excluding carboxylic acids is 1. The molecule has 0 unspecified atom stereocenters. The van der Waals surface area contributed by atoms with E-state index in [2.05, 4.69) is 39.7 Å². The highest BCUT2D eigenvalue weighted by atomic mass is 19.3. The van der Waals surface area contributed by atoms with Crippen molar-refractivity contribution in [2.45, 2.75) is 38.7 Å². The van der Waals surface area contributed by atoms with Crippen molar-refractivity contribution in [3.05, 3.63) is 108 Å². The van der Waals surface area contributed by atoms with Gasteiger partial charge in [0.2, 0.25) is 5.91 Å². The summed E-state index contributed by atoms with van der Waals surface area (Å²) in [6.45, 7) is 3.51. The molecule has 0 fully saturated rings. The number of rotatable bonds is 9. The molecule has 0 saturated carbocycles. The maximum Gasteiger partial charge on any atom is 0.273 e. The molecule has 0 bridgehead atoms. The highest BCUT2D eigenvalue weighted by Gasteiger charge is 2.28. The van der Waals surface area contributed by atoms with Crippen LogP contribution in [0.5, 0.6) is 0 Å². The Labute approximate surface area is 209 Å². The van der Waals surface area contributed by atoms with Gasteiger partial charge < -0.3 is 10.6 Å². The SMILES string of the molecule is CCC(F)(F)c1ccc(CC(=O)Nc2ccc(-c3nccnc3N[C@H](C)c3ccccc3)cc2)cc1. The fourth-order valence-corrected chi connectivity index (χ4v) is 3.86. The molecular weight excluding hydrogens is 458 g/mol. The summed E-state index contributed by atoms with van der Waals surface area (Å²) in [5.74, 6) is -2.42. The third kappa shape index (κ3) is 6.10. The van der Waals surface area contributed by atoms with Crippen LogP contribution in [0.1, 0.15) is 43.0 Å². The van der Waals surface area contributed by atoms with E-state index in [1.54, 1.807) is 36.7 Å². The normalized spacial score (nSPS) is 12.1. The third-order valence-corrected chi connectivity index (χ3v) is 5.98. The van der Waals surface area contributed by atoms with Crippen molar-refractivity contribution < 1.29 is 13.6 Å². The predicted octanol–water partition coefficient (Wildman–Crippen LogP) is 7.00. The van der Waals surface area contributed by atoms with Crippen LogP contribution in [0.25, 0.3) is 11.3 Å². The Morgan fingerprint density at radius 1 is 0.917 bits per heavy atom. The summed E-state index contributed by atoms with van der Waals surface area (Å²) < 4.78 is 27.6. The first-order chi connectivity index (χ1) is 17.4. The number of hydrogen-bond acceptors (Lipinski definition) is 4. The van der Waals surface area contributed by atoms with Crippen molar-refractivity contribution in [1.82, 2.24) is 9.97 Å². The molecule has 7 heteroatoms. The van der Waals surface area contributed by atoms with E-state index in [4.69, 9.17) is 0 Å². The highest BCUT2D eigenvalue weighted by molar-refractivity contribution is 5.92. The van der Waals surface area contributed by atoms with Crippen LogP contribution >= 0.6 is 0 Å². The van der Waals surface area contributed by atoms with E-state index in [9.17, 15) is 13.6 Å². The molecule has 36 heavy (non-hydrogen) atoms. The molecule has 2 N–H and O–H groups in total. The second-order valence-electron chi connectivity index (χ2n) is 8.59. The van der Waals surface area contributed by atoms with E-state index in [0.717, 1.165) is 11.1 Å². The molecule has 5 nitrogen and oxygen atoms in total. The fraction of sp³-hybridized carbons (Fsp3) is 0.207. The highest BCUT2D eigenvalue weighted by Crippen LogP contribution is 2.31. The van der Waals surface area contributed by atoms with Gasteiger partial charge in [0, 0.05) is 35.6 Å². The molecule has 0 aliphatic heterocycles. The van der Waals surface area contributed by atoms with Gasteiger partial charge in [0.25, 0.3) is 5.92 Å². The summed E-state index contributed by atoms with van der Waals surface area (Å²) in [5.41, 5.74) is 3.97. The number of hydrogen-bond donors (Lipinski definition) is 2. The summed E-state index contributed by atoms with van der Waals surface area (Å²) in [6, 6.07) is 23.4. The van der Waals surface area contributed by atoms with Gasteiger partial charge in [-0.15, -0.1) is 0 Å². The third-order valence-electron chi connectivity index (χ3n) is 5.98. The monoisotopic (exact) mass is 486 g/mol. The number of halogens is 2. The van der Waals surface area contributed by atoms with Crippen LogP contribution in [-0.4, -0.2) is 15.9 Å². The standard InChI is InChI=1S/C29H28F2N4O/c1-3-29(30,31)24-13-9-21(10-14-24)19-26(36)35-25-15-11-23(12-16-25)27-28(33-18-17-32-27)34-20(2)22-7-5-4-6-8-22/h4-18,20H,3,19H2,1-2H3,(H,33,34)(H,35,36)/t20-/m1/s1. The van der Waals surface area contributed by atoms with Gasteiger partial charge in [-0.05, 0) is 30.2 Å². The maximum atomic E-state index is 13.8. The number of nitrogens with one attached hydrogen (secondary N) is 2. The fourth-order valence-electron chi connectivity index (χ4n) is 3.86. The number of aromatic nitrogens is 2. The molecule has 1 atom stereocenters. The molecule has 3 aromatic carbocycles. The molecule has 1 aromatic heterocycles. The number of benzene rings is 3. The lowest BCUT2D eigenvalue weighted by Gasteiger charge is -2.17. The van der Waals surface area contributed by atoms with Crippen LogP contribution in [0.2, 0.25) is 0 Å². The van der Waals surface area contributed by atoms with Gasteiger partial charge in [0.15, 0.2) is 5.82 Å². The zero-order valence-electron chi connectivity index (χ0n) is 20.2. The van der Waals surface area contributed by atoms with E-state index in [1.807, 2.05) is 30.3 Å². The smallest absolute Gasteiger partial charge is 0.273 e. The van der Waals surface area contributed by atoms with Crippen molar-refractivity contribution in [2.24, 2.45) is 0 Å². The summed E-state index contributed by atoms with van der Waals surface area (Å²) in [6.07, 6.45) is 3.12. The quantitative estimate of drug-likeness (QED) is 0.267. The lowest BCUT2D eigenvalue weighted by atomic mass is 10.0. The minimum atomic E-state index is -2.86. The number of anilines is 2. The van der Waals surface area contributed by atoms with Gasteiger partial charge in [-0.25, -0.2) is 13.8 Å². The van der Waals surface area contributed by atoms with Crippen LogP contribution in [0, 0.1) is 0 Å². The Morgan fingerprint density at radius 3 is 2.25 bits per heavy atom. The van der Waals surface area contributed by atoms with Crippen molar-refractivity contribution in [1.29, 1.82) is 0 Å². The van der Waals surface area contributed by atoms with E-state index in [-0.39, 0.29) is 30.4 Å². The molecular formula is C29H28F2N4O. The van der Waals surface area contributed by atoms with Crippen LogP contribution in [-0.2, 0) is 17.1 Å². The van der Waals surface area contributed by atoms with E-state index in [0.29, 0.717) is 22.8 Å². The van der Waals surface area contributed by atoms with E-state index < -0.39 is 5.92 Å². The van der Waals surface area contributed by atoms with Crippen molar-refractivity contribution in [3.8, 4) is 11.3 Å². The second-order valence-corrected chi connectivity index (χ2v) is 8.59. The first-order valence-electron chi connectivity index (χ1n) is 11.9. The Balaban J connectivity index is 1.41. The number of nitrogens with zero attached hydrogens (tertiary/aromatic N) is 2. The molecule has 0 saturated heterocycles. The Hall–Kier alpha value is -4.13. The van der Waals surface area contributed by atoms with Gasteiger partial charge in [0.05, 0.1) is 12.5 Å². The predicted molar refractivity (Wildman–Crippen MR) is 139 cm³/mol. The van der Waals surface area contributed by atoms with Crippen molar-refractivity contribution >= 4 is 17.4 Å². The first kappa shape index (κ1) is 25.0. The zero-order valence-corrected chi connectivity index (χ0v) is 20.2. The summed E-state index contributed by atoms with van der Waals surface area (Å²) in [5, 5.41) is 6.28. The molecule has 0 aliphatic carbocycles. The molecule has 1 amide bonds. The lowest BCUT2D eigenvalue weighted by molar-refractivity contribution is -0.115. The van der Waals surface area contributed by atoms with Crippen LogP contribution in [0.3, 0.4) is 0 Å². The van der Waals surface area contributed by atoms with E-state index in [1.165, 1.54) is 19.1 Å². The van der Waals surface area contributed by atoms with Crippen molar-refractivity contribution in [2.75, 3.05) is 10.6 Å². The lowest BCUT2D eigenvalue weighted by Crippen LogP contribution is -2.15. The number of amides is 1. The van der Waals surface area contributed by atoms with Gasteiger partial charge in [-0.3, -0.25) is 9.78 Å². The number of alkyl halides is 2. The summed E-state index contributed by atoms with van der Waals surface area (Å²) in [7, 11) is 0. The average molecular weight is 487 g/mol. The zero-order chi connectivity index (χ0) is 25.5. The van der Waals surface area contributed by atoms with Crippen LogP contribution in [0.15, 0.2) is 91.3 Å². The molecule has 0 spiro atoms. The second kappa shape index (κ2) is 11.1. The van der Waals surface area contributed by atoms with Crippen molar-refractivity contribution in [3.63, 3.8) is 0 Å². The summed E-state index contributed by atoms with van der Waals surface area (Å²) in [4.78, 5) is 21.5. The summed E-state index contributed by atoms with van der Waals surface area (Å²) >= 11 is 0. The van der Waals surface area contributed by atoms with Gasteiger partial charge in [0.1, 0.15) is 5.69 Å². The molecule has 1 heterocycles. The molecule has 184 valence electrons. The molecule has 0 radical (unpaired) electrons. The van der Waals surface area contributed by atoms with Gasteiger partial charge in [-0.1, -0.05) is 73.7 Å². The average Bonchev–Trinajstić information content (AvgIpc) is 2.90. The Morgan fingerprint density at radius 2 is 1.58 bits per heavy atom. The minimum absolute atomic E-state index is 0.0409. The largest absolute Gasteiger partial charge is 0.362 e. The van der Waals surface area contributed by atoms with Gasteiger partial charge in [-0.2, -0.15) is 0 Å². The van der Waals surface area contributed by atoms with E-state index >= 15 is 0 Å². The topological polar surface area (TPSA) is 66.9 Å². The Bertz CT molecular complexity index is 1290. The van der Waals surface area contributed by atoms with Crippen LogP contribution in [0.4, 0.5) is 20.3 Å². The molecule has 4 aromatic rings. The first-order valence-corrected chi connectivity index (χ1v) is 11.9. The molecule has 0 aliphatic rings. The Kier molecular flexibility index (Phi) is 7.68. The number of carbonyl (C=O) groups is 1. The molecule has 4 rings (SSSR count). The van der Waals surface area contributed by atoms with Crippen LogP contribution < -0.4 is 10.6 Å². The minimum Gasteiger partial charge on any atom is -0.362 e. The maximum absolute atomic E-state index is 13.8. The van der Waals surface area contributed by atoms with Gasteiger partial charge >= 0.3 is 0 Å².